The molecular weight excluding hydrogens is 240 g/mol. The molecule has 1 aliphatic heterocycles. The lowest BCUT2D eigenvalue weighted by Crippen LogP contribution is -2.46. The van der Waals surface area contributed by atoms with E-state index in [1.807, 2.05) is 4.90 Å². The average molecular weight is 256 g/mol. The third-order valence-corrected chi connectivity index (χ3v) is 3.83. The summed E-state index contributed by atoms with van der Waals surface area (Å²) in [6.45, 7) is 3.03. The number of nitrogen functional groups attached to an aromatic ring is 1. The van der Waals surface area contributed by atoms with Crippen LogP contribution in [0.3, 0.4) is 0 Å². The largest absolute Gasteiger partial charge is 0.388 e. The zero-order valence-electron chi connectivity index (χ0n) is 9.64. The molecule has 0 saturated carbocycles. The highest BCUT2D eigenvalue weighted by Gasteiger charge is 2.31. The fourth-order valence-corrected chi connectivity index (χ4v) is 2.98. The summed E-state index contributed by atoms with van der Waals surface area (Å²) in [7, 11) is 0. The maximum Gasteiger partial charge on any atom is 0.255 e. The number of aliphatic hydroxyl groups is 1. The molecule has 1 amide bonds. The number of rotatable bonds is 2. The van der Waals surface area contributed by atoms with E-state index in [-0.39, 0.29) is 11.4 Å². The number of carbonyl (C=O) groups is 1. The molecule has 0 aliphatic carbocycles. The van der Waals surface area contributed by atoms with Crippen LogP contribution in [0.5, 0.6) is 0 Å². The summed E-state index contributed by atoms with van der Waals surface area (Å²) in [6.07, 6.45) is 1.62. The second-order valence-electron chi connectivity index (χ2n) is 4.63. The number of amides is 1. The van der Waals surface area contributed by atoms with Crippen LogP contribution in [0, 0.1) is 0 Å². The third-order valence-electron chi connectivity index (χ3n) is 2.91. The van der Waals surface area contributed by atoms with Gasteiger partial charge in [-0.15, -0.1) is 0 Å². The van der Waals surface area contributed by atoms with Crippen molar-refractivity contribution in [3.8, 4) is 0 Å². The van der Waals surface area contributed by atoms with E-state index in [2.05, 4.69) is 4.37 Å². The van der Waals surface area contributed by atoms with E-state index in [9.17, 15) is 9.90 Å². The van der Waals surface area contributed by atoms with Crippen LogP contribution in [0.2, 0.25) is 0 Å². The van der Waals surface area contributed by atoms with Gasteiger partial charge in [0.25, 0.3) is 5.91 Å². The SMILES string of the molecule is CC1(O)CCCN(c2snc(N)c2C(N)=O)C1. The maximum absolute atomic E-state index is 11.3. The van der Waals surface area contributed by atoms with Gasteiger partial charge in [-0.1, -0.05) is 0 Å². The highest BCUT2D eigenvalue weighted by molar-refractivity contribution is 7.11. The Morgan fingerprint density at radius 1 is 1.65 bits per heavy atom. The molecule has 2 rings (SSSR count). The highest BCUT2D eigenvalue weighted by atomic mass is 32.1. The molecule has 1 aromatic rings. The molecule has 1 aliphatic rings. The van der Waals surface area contributed by atoms with Gasteiger partial charge >= 0.3 is 0 Å². The van der Waals surface area contributed by atoms with Gasteiger partial charge in [0.05, 0.1) is 5.60 Å². The Labute approximate surface area is 103 Å². The van der Waals surface area contributed by atoms with Gasteiger partial charge in [0.1, 0.15) is 10.6 Å². The van der Waals surface area contributed by atoms with E-state index in [0.717, 1.165) is 30.9 Å². The second kappa shape index (κ2) is 4.15. The number of hydrogen-bond acceptors (Lipinski definition) is 6. The molecule has 1 atom stereocenters. The first-order chi connectivity index (χ1) is 7.91. The Hall–Kier alpha value is -1.34. The van der Waals surface area contributed by atoms with Crippen LogP contribution in [0.4, 0.5) is 10.8 Å². The summed E-state index contributed by atoms with van der Waals surface area (Å²) in [4.78, 5) is 13.3. The van der Waals surface area contributed by atoms with E-state index < -0.39 is 11.5 Å². The number of carbonyl (C=O) groups excluding carboxylic acids is 1. The molecule has 1 aromatic heterocycles. The number of anilines is 2. The van der Waals surface area contributed by atoms with E-state index in [1.165, 1.54) is 0 Å². The number of hydrogen-bond donors (Lipinski definition) is 3. The number of aromatic nitrogens is 1. The smallest absolute Gasteiger partial charge is 0.255 e. The molecule has 0 spiro atoms. The topological polar surface area (TPSA) is 105 Å². The van der Waals surface area contributed by atoms with Crippen LogP contribution in [0.1, 0.15) is 30.1 Å². The molecule has 17 heavy (non-hydrogen) atoms. The van der Waals surface area contributed by atoms with Crippen LogP contribution in [0.25, 0.3) is 0 Å². The van der Waals surface area contributed by atoms with Gasteiger partial charge < -0.3 is 21.5 Å². The molecule has 6 nitrogen and oxygen atoms in total. The predicted molar refractivity (Wildman–Crippen MR) is 67.1 cm³/mol. The Morgan fingerprint density at radius 2 is 2.35 bits per heavy atom. The zero-order valence-corrected chi connectivity index (χ0v) is 10.5. The first kappa shape index (κ1) is 12.1. The first-order valence-electron chi connectivity index (χ1n) is 5.43. The Balaban J connectivity index is 2.31. The van der Waals surface area contributed by atoms with Crippen molar-refractivity contribution in [3.63, 3.8) is 0 Å². The van der Waals surface area contributed by atoms with E-state index in [0.29, 0.717) is 11.5 Å². The molecule has 5 N–H and O–H groups in total. The van der Waals surface area contributed by atoms with Crippen molar-refractivity contribution in [2.45, 2.75) is 25.4 Å². The predicted octanol–water partition coefficient (Wildman–Crippen LogP) is 0.175. The van der Waals surface area contributed by atoms with Gasteiger partial charge in [-0.25, -0.2) is 0 Å². The monoisotopic (exact) mass is 256 g/mol. The summed E-state index contributed by atoms with van der Waals surface area (Å²) in [5.74, 6) is -0.404. The van der Waals surface area contributed by atoms with Gasteiger partial charge in [0.2, 0.25) is 0 Å². The Kier molecular flexibility index (Phi) is 2.96. The van der Waals surface area contributed by atoms with Crippen molar-refractivity contribution in [2.24, 2.45) is 5.73 Å². The number of nitrogens with zero attached hydrogens (tertiary/aromatic N) is 2. The molecule has 2 heterocycles. The van der Waals surface area contributed by atoms with Crippen molar-refractivity contribution in [3.05, 3.63) is 5.56 Å². The first-order valence-corrected chi connectivity index (χ1v) is 6.20. The van der Waals surface area contributed by atoms with Gasteiger partial charge in [-0.05, 0) is 31.3 Å². The molecule has 0 aromatic carbocycles. The lowest BCUT2D eigenvalue weighted by atomic mass is 9.95. The van der Waals surface area contributed by atoms with E-state index in [4.69, 9.17) is 11.5 Å². The minimum Gasteiger partial charge on any atom is -0.388 e. The van der Waals surface area contributed by atoms with E-state index in [1.54, 1.807) is 6.92 Å². The van der Waals surface area contributed by atoms with Crippen LogP contribution in [0.15, 0.2) is 0 Å². The molecular formula is C10H16N4O2S. The third kappa shape index (κ3) is 2.34. The number of nitrogens with two attached hydrogens (primary N) is 2. The molecule has 1 saturated heterocycles. The Morgan fingerprint density at radius 3 is 2.94 bits per heavy atom. The van der Waals surface area contributed by atoms with Crippen molar-refractivity contribution < 1.29 is 9.90 Å². The lowest BCUT2D eigenvalue weighted by molar-refractivity contribution is 0.0450. The summed E-state index contributed by atoms with van der Waals surface area (Å²) >= 11 is 1.15. The standard InChI is InChI=1S/C10H16N4O2S/c1-10(16)3-2-4-14(5-10)9-6(8(12)15)7(11)13-17-9/h16H,2-5H2,1H3,(H2,11,13)(H2,12,15). The van der Waals surface area contributed by atoms with Crippen molar-refractivity contribution >= 4 is 28.3 Å². The Bertz CT molecular complexity index is 444. The summed E-state index contributed by atoms with van der Waals surface area (Å²) < 4.78 is 3.96. The minimum atomic E-state index is -0.744. The lowest BCUT2D eigenvalue weighted by Gasteiger charge is -2.37. The van der Waals surface area contributed by atoms with Crippen LogP contribution in [-0.2, 0) is 0 Å². The van der Waals surface area contributed by atoms with Crippen molar-refractivity contribution in [1.29, 1.82) is 0 Å². The van der Waals surface area contributed by atoms with Crippen LogP contribution >= 0.6 is 11.5 Å². The molecule has 94 valence electrons. The number of β-amino-alcohol motifs (C(OH)–C–C–N with tert-alkyl or cyclic N) is 1. The normalized spacial score (nSPS) is 24.9. The minimum absolute atomic E-state index is 0.169. The fraction of sp³-hybridized carbons (Fsp3) is 0.600. The summed E-state index contributed by atoms with van der Waals surface area (Å²) in [5.41, 5.74) is 10.4. The fourth-order valence-electron chi connectivity index (χ4n) is 2.13. The second-order valence-corrected chi connectivity index (χ2v) is 5.39. The number of piperidine rings is 1. The van der Waals surface area contributed by atoms with Gasteiger partial charge in [0, 0.05) is 13.1 Å². The number of primary amides is 1. The van der Waals surface area contributed by atoms with Crippen molar-refractivity contribution in [2.75, 3.05) is 23.7 Å². The molecule has 0 bridgehead atoms. The van der Waals surface area contributed by atoms with Crippen LogP contribution < -0.4 is 16.4 Å². The summed E-state index contributed by atoms with van der Waals surface area (Å²) in [6, 6.07) is 0. The highest BCUT2D eigenvalue weighted by Crippen LogP contribution is 2.34. The van der Waals surface area contributed by atoms with Gasteiger partial charge in [-0.2, -0.15) is 4.37 Å². The zero-order chi connectivity index (χ0) is 12.6. The molecule has 7 heteroatoms. The molecule has 1 unspecified atom stereocenters. The maximum atomic E-state index is 11.3. The quantitative estimate of drug-likeness (QED) is 0.699. The molecule has 0 radical (unpaired) electrons. The summed E-state index contributed by atoms with van der Waals surface area (Å²) in [5, 5.41) is 10.7. The average Bonchev–Trinajstić information content (AvgIpc) is 2.58. The van der Waals surface area contributed by atoms with Crippen LogP contribution in [-0.4, -0.2) is 34.1 Å². The van der Waals surface area contributed by atoms with Gasteiger partial charge in [-0.3, -0.25) is 4.79 Å². The molecule has 1 fully saturated rings. The van der Waals surface area contributed by atoms with E-state index >= 15 is 0 Å². The van der Waals surface area contributed by atoms with Gasteiger partial charge in [0.15, 0.2) is 5.82 Å². The van der Waals surface area contributed by atoms with Crippen molar-refractivity contribution in [1.82, 2.24) is 4.37 Å².